The van der Waals surface area contributed by atoms with Crippen LogP contribution in [-0.2, 0) is 0 Å². The monoisotopic (exact) mass is 373 g/mol. The van der Waals surface area contributed by atoms with Crippen LogP contribution in [0.5, 0.6) is 0 Å². The molecular formula is C23H23N3O2. The van der Waals surface area contributed by atoms with Crippen LogP contribution in [0, 0.1) is 0 Å². The van der Waals surface area contributed by atoms with Gasteiger partial charge in [0.1, 0.15) is 5.56 Å². The Kier molecular flexibility index (Phi) is 5.33. The molecule has 1 aliphatic rings. The molecule has 142 valence electrons. The second-order valence-electron chi connectivity index (χ2n) is 7.28. The number of hydrogen-bond donors (Lipinski definition) is 2. The number of nitrogens with zero attached hydrogens (tertiary/aromatic N) is 1. The number of benzene rings is 1. The van der Waals surface area contributed by atoms with Crippen LogP contribution in [0.15, 0.2) is 65.8 Å². The predicted octanol–water partition coefficient (Wildman–Crippen LogP) is 4.74. The number of H-pyrrole nitrogens is 1. The summed E-state index contributed by atoms with van der Waals surface area (Å²) in [4.78, 5) is 31.5. The summed E-state index contributed by atoms with van der Waals surface area (Å²) in [6.45, 7) is 0. The number of amides is 1. The molecule has 2 aromatic heterocycles. The molecule has 1 aliphatic carbocycles. The number of hydrogen-bond acceptors (Lipinski definition) is 3. The molecule has 0 spiro atoms. The highest BCUT2D eigenvalue weighted by atomic mass is 16.2. The topological polar surface area (TPSA) is 74.8 Å². The highest BCUT2D eigenvalue weighted by Gasteiger charge is 2.16. The predicted molar refractivity (Wildman–Crippen MR) is 111 cm³/mol. The Morgan fingerprint density at radius 2 is 1.68 bits per heavy atom. The molecule has 5 heteroatoms. The first kappa shape index (κ1) is 18.2. The second-order valence-corrected chi connectivity index (χ2v) is 7.28. The van der Waals surface area contributed by atoms with E-state index in [1.807, 2.05) is 24.3 Å². The van der Waals surface area contributed by atoms with Crippen LogP contribution in [0.4, 0.5) is 5.69 Å². The molecule has 0 bridgehead atoms. The molecule has 28 heavy (non-hydrogen) atoms. The number of nitrogens with one attached hydrogen (secondary N) is 2. The molecule has 0 aliphatic heterocycles. The van der Waals surface area contributed by atoms with Crippen molar-refractivity contribution < 1.29 is 4.79 Å². The highest BCUT2D eigenvalue weighted by Crippen LogP contribution is 2.33. The van der Waals surface area contributed by atoms with Crippen molar-refractivity contribution in [1.29, 1.82) is 0 Å². The Labute approximate surface area is 163 Å². The first-order valence-corrected chi connectivity index (χ1v) is 9.75. The number of carbonyl (C=O) groups is 1. The zero-order chi connectivity index (χ0) is 19.3. The highest BCUT2D eigenvalue weighted by molar-refractivity contribution is 6.04. The van der Waals surface area contributed by atoms with Gasteiger partial charge in [-0.3, -0.25) is 14.6 Å². The number of aromatic nitrogens is 2. The van der Waals surface area contributed by atoms with Crippen LogP contribution >= 0.6 is 0 Å². The fraction of sp³-hybridized carbons (Fsp3) is 0.261. The van der Waals surface area contributed by atoms with Crippen molar-refractivity contribution in [2.45, 2.75) is 38.0 Å². The molecule has 4 rings (SSSR count). The van der Waals surface area contributed by atoms with Gasteiger partial charge in [-0.05, 0) is 65.8 Å². The number of carbonyl (C=O) groups excluding carboxylic acids is 1. The number of pyridine rings is 2. The minimum Gasteiger partial charge on any atom is -0.328 e. The normalized spacial score (nSPS) is 14.6. The van der Waals surface area contributed by atoms with E-state index in [-0.39, 0.29) is 5.56 Å². The minimum atomic E-state index is -0.414. The Hall–Kier alpha value is -3.21. The maximum absolute atomic E-state index is 12.7. The average molecular weight is 373 g/mol. The van der Waals surface area contributed by atoms with Crippen LogP contribution in [-0.4, -0.2) is 15.9 Å². The first-order chi connectivity index (χ1) is 13.7. The fourth-order valence-electron chi connectivity index (χ4n) is 3.84. The molecule has 0 atom stereocenters. The lowest BCUT2D eigenvalue weighted by molar-refractivity contribution is 0.102. The number of anilines is 1. The zero-order valence-corrected chi connectivity index (χ0v) is 15.7. The third-order valence-corrected chi connectivity index (χ3v) is 5.41. The Morgan fingerprint density at radius 1 is 0.964 bits per heavy atom. The van der Waals surface area contributed by atoms with E-state index in [0.29, 0.717) is 11.6 Å². The molecule has 2 N–H and O–H groups in total. The van der Waals surface area contributed by atoms with Crippen LogP contribution in [0.25, 0.3) is 11.1 Å². The smallest absolute Gasteiger partial charge is 0.261 e. The lowest BCUT2D eigenvalue weighted by Crippen LogP contribution is -2.23. The lowest BCUT2D eigenvalue weighted by atomic mass is 9.84. The summed E-state index contributed by atoms with van der Waals surface area (Å²) in [6, 6.07) is 13.3. The average Bonchev–Trinajstić information content (AvgIpc) is 2.76. The third-order valence-electron chi connectivity index (χ3n) is 5.41. The molecule has 0 radical (unpaired) electrons. The fourth-order valence-corrected chi connectivity index (χ4v) is 3.84. The van der Waals surface area contributed by atoms with Crippen molar-refractivity contribution in [2.24, 2.45) is 0 Å². The zero-order valence-electron chi connectivity index (χ0n) is 15.7. The van der Waals surface area contributed by atoms with Crippen LogP contribution in [0.1, 0.15) is 53.9 Å². The van der Waals surface area contributed by atoms with Gasteiger partial charge in [0.15, 0.2) is 0 Å². The van der Waals surface area contributed by atoms with Gasteiger partial charge in [-0.15, -0.1) is 0 Å². The summed E-state index contributed by atoms with van der Waals surface area (Å²) < 4.78 is 0. The van der Waals surface area contributed by atoms with Gasteiger partial charge < -0.3 is 10.3 Å². The van der Waals surface area contributed by atoms with E-state index >= 15 is 0 Å². The number of aromatic amines is 1. The van der Waals surface area contributed by atoms with Crippen molar-refractivity contribution in [3.63, 3.8) is 0 Å². The van der Waals surface area contributed by atoms with Crippen LogP contribution in [0.3, 0.4) is 0 Å². The summed E-state index contributed by atoms with van der Waals surface area (Å²) in [5.41, 5.74) is 3.35. The molecule has 1 fully saturated rings. The van der Waals surface area contributed by atoms with Crippen molar-refractivity contribution in [1.82, 2.24) is 9.97 Å². The van der Waals surface area contributed by atoms with Crippen LogP contribution < -0.4 is 10.9 Å². The Balaban J connectivity index is 1.51. The maximum Gasteiger partial charge on any atom is 0.261 e. The van der Waals surface area contributed by atoms with E-state index in [4.69, 9.17) is 0 Å². The largest absolute Gasteiger partial charge is 0.328 e. The van der Waals surface area contributed by atoms with E-state index in [2.05, 4.69) is 27.4 Å². The molecule has 2 heterocycles. The van der Waals surface area contributed by atoms with Crippen molar-refractivity contribution in [2.75, 3.05) is 5.32 Å². The van der Waals surface area contributed by atoms with E-state index in [1.165, 1.54) is 37.7 Å². The third kappa shape index (κ3) is 4.03. The van der Waals surface area contributed by atoms with Gasteiger partial charge in [0.2, 0.25) is 0 Å². The summed E-state index contributed by atoms with van der Waals surface area (Å²) in [6.07, 6.45) is 11.3. The van der Waals surface area contributed by atoms with E-state index in [0.717, 1.165) is 11.1 Å². The van der Waals surface area contributed by atoms with Gasteiger partial charge in [0, 0.05) is 24.3 Å². The van der Waals surface area contributed by atoms with Gasteiger partial charge in [-0.1, -0.05) is 31.4 Å². The number of rotatable bonds is 4. The van der Waals surface area contributed by atoms with Gasteiger partial charge in [0.05, 0.1) is 0 Å². The summed E-state index contributed by atoms with van der Waals surface area (Å²) >= 11 is 0. The van der Waals surface area contributed by atoms with E-state index in [1.54, 1.807) is 24.7 Å². The van der Waals surface area contributed by atoms with Gasteiger partial charge in [0.25, 0.3) is 11.5 Å². The van der Waals surface area contributed by atoms with Crippen molar-refractivity contribution >= 4 is 11.6 Å². The summed E-state index contributed by atoms with van der Waals surface area (Å²) in [5, 5.41) is 2.84. The van der Waals surface area contributed by atoms with E-state index < -0.39 is 11.5 Å². The first-order valence-electron chi connectivity index (χ1n) is 9.75. The Morgan fingerprint density at radius 3 is 2.39 bits per heavy atom. The van der Waals surface area contributed by atoms with Gasteiger partial charge in [-0.25, -0.2) is 0 Å². The van der Waals surface area contributed by atoms with Crippen LogP contribution in [0.2, 0.25) is 0 Å². The Bertz CT molecular complexity index is 1000. The standard InChI is InChI=1S/C23H23N3O2/c27-22-21(14-19(15-25-22)18-10-12-24-13-11-18)23(28)26-20-8-6-17(7-9-20)16-4-2-1-3-5-16/h6-16H,1-5H2,(H,25,27)(H,26,28). The lowest BCUT2D eigenvalue weighted by Gasteiger charge is -2.22. The summed E-state index contributed by atoms with van der Waals surface area (Å²) in [7, 11) is 0. The maximum atomic E-state index is 12.7. The minimum absolute atomic E-state index is 0.0886. The van der Waals surface area contributed by atoms with E-state index in [9.17, 15) is 9.59 Å². The summed E-state index contributed by atoms with van der Waals surface area (Å²) in [5.74, 6) is 0.209. The molecule has 0 unspecified atom stereocenters. The van der Waals surface area contributed by atoms with Gasteiger partial charge >= 0.3 is 0 Å². The molecule has 5 nitrogen and oxygen atoms in total. The SMILES string of the molecule is O=C(Nc1ccc(C2CCCCC2)cc1)c1cc(-c2ccncc2)c[nH]c1=O. The van der Waals surface area contributed by atoms with Crippen molar-refractivity contribution in [3.8, 4) is 11.1 Å². The van der Waals surface area contributed by atoms with Crippen molar-refractivity contribution in [3.05, 3.63) is 82.5 Å². The molecular weight excluding hydrogens is 350 g/mol. The second kappa shape index (κ2) is 8.21. The molecule has 1 amide bonds. The molecule has 1 saturated carbocycles. The molecule has 3 aromatic rings. The van der Waals surface area contributed by atoms with Gasteiger partial charge in [-0.2, -0.15) is 0 Å². The molecule has 0 saturated heterocycles. The molecule has 1 aromatic carbocycles. The quantitative estimate of drug-likeness (QED) is 0.694.